The molecule has 2 fully saturated rings. The Kier molecular flexibility index (Phi) is 6.31. The molecule has 0 aromatic heterocycles. The normalized spacial score (nSPS) is 31.7. The molecular formula is C14H27N3OS. The van der Waals surface area contributed by atoms with Crippen LogP contribution in [0.2, 0.25) is 0 Å². The molecule has 0 aromatic rings. The molecule has 0 amide bonds. The zero-order chi connectivity index (χ0) is 13.5. The molecule has 1 aliphatic heterocycles. The SMILES string of the molecule is CCNC(=NCC1CCCO1)NC1CCC(SC)C1. The number of thioether (sulfide) groups is 1. The fourth-order valence-electron chi connectivity index (χ4n) is 2.78. The number of ether oxygens (including phenoxy) is 1. The molecular weight excluding hydrogens is 258 g/mol. The van der Waals surface area contributed by atoms with E-state index in [0.29, 0.717) is 12.1 Å². The Balaban J connectivity index is 1.79. The Morgan fingerprint density at radius 1 is 1.37 bits per heavy atom. The van der Waals surface area contributed by atoms with Gasteiger partial charge in [0, 0.05) is 24.4 Å². The van der Waals surface area contributed by atoms with Gasteiger partial charge < -0.3 is 15.4 Å². The van der Waals surface area contributed by atoms with Crippen LogP contribution in [0.3, 0.4) is 0 Å². The van der Waals surface area contributed by atoms with E-state index in [9.17, 15) is 0 Å². The van der Waals surface area contributed by atoms with E-state index in [4.69, 9.17) is 4.74 Å². The fraction of sp³-hybridized carbons (Fsp3) is 0.929. The summed E-state index contributed by atoms with van der Waals surface area (Å²) in [7, 11) is 0. The van der Waals surface area contributed by atoms with Gasteiger partial charge in [-0.3, -0.25) is 4.99 Å². The van der Waals surface area contributed by atoms with E-state index in [0.717, 1.165) is 37.3 Å². The number of rotatable bonds is 5. The first-order chi connectivity index (χ1) is 9.31. The van der Waals surface area contributed by atoms with Crippen molar-refractivity contribution in [1.29, 1.82) is 0 Å². The van der Waals surface area contributed by atoms with Gasteiger partial charge in [0.05, 0.1) is 12.6 Å². The quantitative estimate of drug-likeness (QED) is 0.599. The van der Waals surface area contributed by atoms with Gasteiger partial charge in [-0.05, 0) is 45.3 Å². The van der Waals surface area contributed by atoms with Gasteiger partial charge in [-0.25, -0.2) is 0 Å². The van der Waals surface area contributed by atoms with E-state index < -0.39 is 0 Å². The highest BCUT2D eigenvalue weighted by atomic mass is 32.2. The van der Waals surface area contributed by atoms with Gasteiger partial charge >= 0.3 is 0 Å². The second-order valence-corrected chi connectivity index (χ2v) is 6.50. The molecule has 3 unspecified atom stereocenters. The molecule has 19 heavy (non-hydrogen) atoms. The van der Waals surface area contributed by atoms with Gasteiger partial charge in [0.25, 0.3) is 0 Å². The molecule has 1 saturated heterocycles. The lowest BCUT2D eigenvalue weighted by Crippen LogP contribution is -2.43. The van der Waals surface area contributed by atoms with E-state index in [1.54, 1.807) is 0 Å². The number of hydrogen-bond acceptors (Lipinski definition) is 3. The van der Waals surface area contributed by atoms with E-state index >= 15 is 0 Å². The van der Waals surface area contributed by atoms with Gasteiger partial charge in [-0.2, -0.15) is 11.8 Å². The lowest BCUT2D eigenvalue weighted by molar-refractivity contribution is 0.117. The maximum absolute atomic E-state index is 5.62. The van der Waals surface area contributed by atoms with E-state index in [1.807, 2.05) is 11.8 Å². The highest BCUT2D eigenvalue weighted by Crippen LogP contribution is 2.28. The predicted octanol–water partition coefficient (Wildman–Crippen LogP) is 2.00. The monoisotopic (exact) mass is 285 g/mol. The van der Waals surface area contributed by atoms with Crippen molar-refractivity contribution in [2.24, 2.45) is 4.99 Å². The molecule has 5 heteroatoms. The van der Waals surface area contributed by atoms with Crippen molar-refractivity contribution in [3.05, 3.63) is 0 Å². The molecule has 1 saturated carbocycles. The summed E-state index contributed by atoms with van der Waals surface area (Å²) >= 11 is 1.99. The minimum atomic E-state index is 0.331. The third-order valence-corrected chi connectivity index (χ3v) is 4.97. The molecule has 3 atom stereocenters. The molecule has 1 aliphatic carbocycles. The zero-order valence-corrected chi connectivity index (χ0v) is 13.0. The van der Waals surface area contributed by atoms with Crippen molar-refractivity contribution in [2.45, 2.75) is 56.4 Å². The average Bonchev–Trinajstić information content (AvgIpc) is 3.07. The van der Waals surface area contributed by atoms with Crippen LogP contribution in [-0.4, -0.2) is 49.3 Å². The lowest BCUT2D eigenvalue weighted by Gasteiger charge is -2.17. The van der Waals surface area contributed by atoms with Gasteiger partial charge in [0.15, 0.2) is 5.96 Å². The Bertz CT molecular complexity index is 292. The van der Waals surface area contributed by atoms with Crippen molar-refractivity contribution >= 4 is 17.7 Å². The Morgan fingerprint density at radius 3 is 2.89 bits per heavy atom. The van der Waals surface area contributed by atoms with Crippen LogP contribution in [0.4, 0.5) is 0 Å². The number of hydrogen-bond donors (Lipinski definition) is 2. The van der Waals surface area contributed by atoms with Crippen molar-refractivity contribution < 1.29 is 4.74 Å². The number of aliphatic imine (C=N–C) groups is 1. The summed E-state index contributed by atoms with van der Waals surface area (Å²) in [6.07, 6.45) is 8.72. The van der Waals surface area contributed by atoms with Crippen LogP contribution in [0.25, 0.3) is 0 Å². The smallest absolute Gasteiger partial charge is 0.191 e. The highest BCUT2D eigenvalue weighted by molar-refractivity contribution is 7.99. The molecule has 0 radical (unpaired) electrons. The summed E-state index contributed by atoms with van der Waals surface area (Å²) in [6, 6.07) is 0.583. The summed E-state index contributed by atoms with van der Waals surface area (Å²) in [5, 5.41) is 7.74. The topological polar surface area (TPSA) is 45.7 Å². The van der Waals surface area contributed by atoms with Crippen LogP contribution in [0.5, 0.6) is 0 Å². The molecule has 4 nitrogen and oxygen atoms in total. The molecule has 1 heterocycles. The van der Waals surface area contributed by atoms with Crippen LogP contribution >= 0.6 is 11.8 Å². The second-order valence-electron chi connectivity index (χ2n) is 5.37. The Labute approximate surface area is 121 Å². The van der Waals surface area contributed by atoms with E-state index in [-0.39, 0.29) is 0 Å². The third kappa shape index (κ3) is 4.88. The van der Waals surface area contributed by atoms with E-state index in [1.165, 1.54) is 25.7 Å². The standard InChI is InChI=1S/C14H27N3OS/c1-3-15-14(16-10-12-5-4-8-18-12)17-11-6-7-13(9-11)19-2/h11-13H,3-10H2,1-2H3,(H2,15,16,17). The van der Waals surface area contributed by atoms with Crippen LogP contribution in [0, 0.1) is 0 Å². The van der Waals surface area contributed by atoms with Gasteiger partial charge in [-0.1, -0.05) is 0 Å². The van der Waals surface area contributed by atoms with Crippen molar-refractivity contribution in [2.75, 3.05) is 26.0 Å². The van der Waals surface area contributed by atoms with Crippen LogP contribution in [-0.2, 0) is 4.74 Å². The maximum atomic E-state index is 5.62. The number of nitrogens with zero attached hydrogens (tertiary/aromatic N) is 1. The molecule has 2 rings (SSSR count). The van der Waals surface area contributed by atoms with E-state index in [2.05, 4.69) is 28.8 Å². The summed E-state index contributed by atoms with van der Waals surface area (Å²) in [5.41, 5.74) is 0. The summed E-state index contributed by atoms with van der Waals surface area (Å²) in [5.74, 6) is 0.963. The van der Waals surface area contributed by atoms with Crippen LogP contribution in [0.1, 0.15) is 39.0 Å². The summed E-state index contributed by atoms with van der Waals surface area (Å²) < 4.78 is 5.62. The first-order valence-corrected chi connectivity index (χ1v) is 8.79. The lowest BCUT2D eigenvalue weighted by atomic mass is 10.2. The van der Waals surface area contributed by atoms with Crippen molar-refractivity contribution in [3.8, 4) is 0 Å². The Hall–Kier alpha value is -0.420. The average molecular weight is 285 g/mol. The minimum Gasteiger partial charge on any atom is -0.376 e. The van der Waals surface area contributed by atoms with Crippen molar-refractivity contribution in [3.63, 3.8) is 0 Å². The highest BCUT2D eigenvalue weighted by Gasteiger charge is 2.24. The minimum absolute atomic E-state index is 0.331. The molecule has 0 bridgehead atoms. The third-order valence-electron chi connectivity index (χ3n) is 3.88. The number of nitrogens with one attached hydrogen (secondary N) is 2. The molecule has 2 aliphatic rings. The Morgan fingerprint density at radius 2 is 2.26 bits per heavy atom. The first-order valence-electron chi connectivity index (χ1n) is 7.51. The predicted molar refractivity (Wildman–Crippen MR) is 83.0 cm³/mol. The number of guanidine groups is 1. The molecule has 2 N–H and O–H groups in total. The molecule has 0 aromatic carbocycles. The molecule has 110 valence electrons. The van der Waals surface area contributed by atoms with Crippen LogP contribution in [0.15, 0.2) is 4.99 Å². The maximum Gasteiger partial charge on any atom is 0.191 e. The van der Waals surface area contributed by atoms with Gasteiger partial charge in [-0.15, -0.1) is 0 Å². The second kappa shape index (κ2) is 8.00. The first kappa shape index (κ1) is 15.0. The van der Waals surface area contributed by atoms with Crippen molar-refractivity contribution in [1.82, 2.24) is 10.6 Å². The largest absolute Gasteiger partial charge is 0.376 e. The van der Waals surface area contributed by atoms with Gasteiger partial charge in [0.2, 0.25) is 0 Å². The van der Waals surface area contributed by atoms with Crippen LogP contribution < -0.4 is 10.6 Å². The zero-order valence-electron chi connectivity index (χ0n) is 12.2. The summed E-state index contributed by atoms with van der Waals surface area (Å²) in [6.45, 7) is 4.72. The van der Waals surface area contributed by atoms with Gasteiger partial charge in [0.1, 0.15) is 0 Å². The summed E-state index contributed by atoms with van der Waals surface area (Å²) in [4.78, 5) is 4.67. The fourth-order valence-corrected chi connectivity index (χ4v) is 3.58. The molecule has 0 spiro atoms.